The lowest BCUT2D eigenvalue weighted by Gasteiger charge is -2.16. The SMILES string of the molecule is C=CCc1cc(/C=N/NC(=O)c2cc3cc([N+](=O)[O-])ccc3o2)cc(OC)c1OCc1ccc2ccccc2c1. The van der Waals surface area contributed by atoms with Gasteiger partial charge in [-0.2, -0.15) is 5.10 Å². The van der Waals surface area contributed by atoms with Gasteiger partial charge in [0.1, 0.15) is 12.2 Å². The summed E-state index contributed by atoms with van der Waals surface area (Å²) in [4.78, 5) is 23.0. The third-order valence-electron chi connectivity index (χ3n) is 6.25. The van der Waals surface area contributed by atoms with Crippen LogP contribution in [0.2, 0.25) is 0 Å². The predicted octanol–water partition coefficient (Wildman–Crippen LogP) is 6.57. The van der Waals surface area contributed by atoms with E-state index in [-0.39, 0.29) is 11.4 Å². The van der Waals surface area contributed by atoms with Crippen molar-refractivity contribution in [1.82, 2.24) is 5.43 Å². The van der Waals surface area contributed by atoms with Crippen LogP contribution in [-0.4, -0.2) is 24.2 Å². The molecular weight excluding hydrogens is 510 g/mol. The molecule has 9 nitrogen and oxygen atoms in total. The van der Waals surface area contributed by atoms with Gasteiger partial charge in [0.05, 0.1) is 18.2 Å². The molecule has 0 spiro atoms. The second kappa shape index (κ2) is 11.5. The van der Waals surface area contributed by atoms with Crippen LogP contribution in [0.5, 0.6) is 11.5 Å². The zero-order valence-corrected chi connectivity index (χ0v) is 21.6. The van der Waals surface area contributed by atoms with Crippen molar-refractivity contribution >= 4 is 39.6 Å². The van der Waals surface area contributed by atoms with E-state index in [1.807, 2.05) is 24.3 Å². The monoisotopic (exact) mass is 535 g/mol. The lowest BCUT2D eigenvalue weighted by Crippen LogP contribution is -2.16. The van der Waals surface area contributed by atoms with E-state index in [4.69, 9.17) is 13.9 Å². The van der Waals surface area contributed by atoms with Crippen molar-refractivity contribution in [3.8, 4) is 11.5 Å². The summed E-state index contributed by atoms with van der Waals surface area (Å²) in [5.74, 6) is 0.513. The molecule has 0 unspecified atom stereocenters. The quantitative estimate of drug-likeness (QED) is 0.0935. The molecule has 1 heterocycles. The molecule has 1 aromatic heterocycles. The first-order valence-corrected chi connectivity index (χ1v) is 12.4. The lowest BCUT2D eigenvalue weighted by molar-refractivity contribution is -0.384. The molecule has 4 aromatic carbocycles. The summed E-state index contributed by atoms with van der Waals surface area (Å²) in [6, 6.07) is 23.5. The predicted molar refractivity (Wildman–Crippen MR) is 153 cm³/mol. The Labute approximate surface area is 229 Å². The molecule has 0 aliphatic rings. The number of carbonyl (C=O) groups is 1. The summed E-state index contributed by atoms with van der Waals surface area (Å²) in [6.45, 7) is 4.21. The molecule has 5 rings (SSSR count). The van der Waals surface area contributed by atoms with Crippen molar-refractivity contribution < 1.29 is 23.6 Å². The number of nitrogens with zero attached hydrogens (tertiary/aromatic N) is 2. The van der Waals surface area contributed by atoms with E-state index in [0.29, 0.717) is 41.1 Å². The number of rotatable bonds is 10. The van der Waals surface area contributed by atoms with E-state index in [2.05, 4.69) is 41.4 Å². The third-order valence-corrected chi connectivity index (χ3v) is 6.25. The Morgan fingerprint density at radius 3 is 2.65 bits per heavy atom. The fraction of sp³-hybridized carbons (Fsp3) is 0.0968. The Kier molecular flexibility index (Phi) is 7.54. The number of fused-ring (bicyclic) bond motifs is 2. The number of hydrogen-bond donors (Lipinski definition) is 1. The zero-order chi connectivity index (χ0) is 28.1. The molecule has 1 N–H and O–H groups in total. The van der Waals surface area contributed by atoms with E-state index >= 15 is 0 Å². The second-order valence-electron chi connectivity index (χ2n) is 8.96. The zero-order valence-electron chi connectivity index (χ0n) is 21.6. The average molecular weight is 536 g/mol. The van der Waals surface area contributed by atoms with Crippen molar-refractivity contribution in [1.29, 1.82) is 0 Å². The summed E-state index contributed by atoms with van der Waals surface area (Å²) >= 11 is 0. The van der Waals surface area contributed by atoms with Gasteiger partial charge in [0, 0.05) is 23.1 Å². The summed E-state index contributed by atoms with van der Waals surface area (Å²) in [5, 5.41) is 17.8. The molecule has 0 atom stereocenters. The van der Waals surface area contributed by atoms with Gasteiger partial charge in [0.2, 0.25) is 0 Å². The highest BCUT2D eigenvalue weighted by Gasteiger charge is 2.16. The van der Waals surface area contributed by atoms with Crippen LogP contribution in [0.3, 0.4) is 0 Å². The smallest absolute Gasteiger partial charge is 0.307 e. The van der Waals surface area contributed by atoms with Crippen LogP contribution in [0.4, 0.5) is 5.69 Å². The normalized spacial score (nSPS) is 11.1. The summed E-state index contributed by atoms with van der Waals surface area (Å²) < 4.78 is 17.3. The minimum Gasteiger partial charge on any atom is -0.493 e. The van der Waals surface area contributed by atoms with Crippen molar-refractivity contribution in [3.63, 3.8) is 0 Å². The number of amides is 1. The number of furan rings is 1. The number of ether oxygens (including phenoxy) is 2. The molecule has 0 aliphatic heterocycles. The maximum absolute atomic E-state index is 12.6. The Morgan fingerprint density at radius 2 is 1.88 bits per heavy atom. The van der Waals surface area contributed by atoms with Crippen LogP contribution < -0.4 is 14.9 Å². The van der Waals surface area contributed by atoms with E-state index < -0.39 is 10.8 Å². The van der Waals surface area contributed by atoms with Gasteiger partial charge in [-0.3, -0.25) is 14.9 Å². The molecule has 0 bridgehead atoms. The standard InChI is InChI=1S/C31H25N3O6/c1-3-6-24-14-21(18-32-33-31(35)29-17-25-16-26(34(36)37)11-12-27(25)40-29)15-28(38-2)30(24)39-19-20-9-10-22-7-4-5-8-23(22)13-20/h3-5,7-18H,1,6,19H2,2H3,(H,33,35)/b32-18+. The van der Waals surface area contributed by atoms with Crippen LogP contribution >= 0.6 is 0 Å². The first-order chi connectivity index (χ1) is 19.4. The first-order valence-electron chi connectivity index (χ1n) is 12.4. The highest BCUT2D eigenvalue weighted by atomic mass is 16.6. The van der Waals surface area contributed by atoms with Gasteiger partial charge in [-0.15, -0.1) is 6.58 Å². The maximum Gasteiger partial charge on any atom is 0.307 e. The number of hydrogen-bond acceptors (Lipinski definition) is 7. The number of non-ortho nitro benzene ring substituents is 1. The van der Waals surface area contributed by atoms with Crippen LogP contribution in [0.25, 0.3) is 21.7 Å². The van der Waals surface area contributed by atoms with E-state index in [1.165, 1.54) is 30.5 Å². The van der Waals surface area contributed by atoms with Gasteiger partial charge in [-0.1, -0.05) is 42.5 Å². The fourth-order valence-electron chi connectivity index (χ4n) is 4.34. The van der Waals surface area contributed by atoms with E-state index in [1.54, 1.807) is 19.3 Å². The minimum absolute atomic E-state index is 0.0185. The average Bonchev–Trinajstić information content (AvgIpc) is 3.40. The summed E-state index contributed by atoms with van der Waals surface area (Å²) in [5.41, 5.74) is 5.24. The molecule has 200 valence electrons. The number of nitro benzene ring substituents is 1. The number of allylic oxidation sites excluding steroid dienone is 1. The van der Waals surface area contributed by atoms with Crippen LogP contribution in [-0.2, 0) is 13.0 Å². The van der Waals surface area contributed by atoms with Gasteiger partial charge >= 0.3 is 5.91 Å². The number of benzene rings is 4. The number of nitro groups is 1. The highest BCUT2D eigenvalue weighted by Crippen LogP contribution is 2.34. The second-order valence-corrected chi connectivity index (χ2v) is 8.96. The molecular formula is C31H25N3O6. The molecule has 40 heavy (non-hydrogen) atoms. The highest BCUT2D eigenvalue weighted by molar-refractivity contribution is 5.97. The topological polar surface area (TPSA) is 116 Å². The number of methoxy groups -OCH3 is 1. The van der Waals surface area contributed by atoms with E-state index in [9.17, 15) is 14.9 Å². The van der Waals surface area contributed by atoms with Crippen molar-refractivity contribution in [3.05, 3.63) is 124 Å². The minimum atomic E-state index is -0.594. The molecule has 0 saturated carbocycles. The molecule has 0 aliphatic carbocycles. The summed E-state index contributed by atoms with van der Waals surface area (Å²) in [6.07, 6.45) is 3.78. The largest absolute Gasteiger partial charge is 0.493 e. The van der Waals surface area contributed by atoms with Crippen molar-refractivity contribution in [2.45, 2.75) is 13.0 Å². The Bertz CT molecular complexity index is 1770. The molecule has 0 fully saturated rings. The third kappa shape index (κ3) is 5.68. The Hall–Kier alpha value is -5.44. The number of hydrazone groups is 1. The number of nitrogens with one attached hydrogen (secondary N) is 1. The van der Waals surface area contributed by atoms with Gasteiger partial charge in [0.25, 0.3) is 5.69 Å². The van der Waals surface area contributed by atoms with Crippen molar-refractivity contribution in [2.75, 3.05) is 7.11 Å². The van der Waals surface area contributed by atoms with E-state index in [0.717, 1.165) is 21.9 Å². The molecule has 0 saturated heterocycles. The first kappa shape index (κ1) is 26.2. The number of carbonyl (C=O) groups excluding carboxylic acids is 1. The van der Waals surface area contributed by atoms with Crippen LogP contribution in [0.1, 0.15) is 27.2 Å². The maximum atomic E-state index is 12.6. The van der Waals surface area contributed by atoms with Crippen LogP contribution in [0, 0.1) is 10.1 Å². The van der Waals surface area contributed by atoms with Crippen LogP contribution in [0.15, 0.2) is 101 Å². The molecule has 9 heteroatoms. The Balaban J connectivity index is 1.31. The van der Waals surface area contributed by atoms with Gasteiger partial charge in [-0.05, 0) is 58.7 Å². The van der Waals surface area contributed by atoms with Gasteiger partial charge < -0.3 is 13.9 Å². The molecule has 0 radical (unpaired) electrons. The lowest BCUT2D eigenvalue weighted by atomic mass is 10.1. The van der Waals surface area contributed by atoms with Crippen molar-refractivity contribution in [2.24, 2.45) is 5.10 Å². The summed E-state index contributed by atoms with van der Waals surface area (Å²) in [7, 11) is 1.56. The molecule has 1 amide bonds. The fourth-order valence-corrected chi connectivity index (χ4v) is 4.34. The van der Waals surface area contributed by atoms with Gasteiger partial charge in [-0.25, -0.2) is 5.43 Å². The van der Waals surface area contributed by atoms with Gasteiger partial charge in [0.15, 0.2) is 17.3 Å². The Morgan fingerprint density at radius 1 is 1.05 bits per heavy atom. The molecule has 5 aromatic rings.